The average Bonchev–Trinajstić information content (AvgIpc) is 3.58. The van der Waals surface area contributed by atoms with Gasteiger partial charge in [-0.15, -0.1) is 0 Å². The SMILES string of the molecule is Cc1cccc(C(=O)NCCn2cnc3cc(-c4noc(CCC5CCCC5)n4)ccc32)c1. The molecule has 1 saturated carbocycles. The number of aromatic nitrogens is 4. The number of nitrogens with zero attached hydrogens (tertiary/aromatic N) is 4. The molecule has 7 nitrogen and oxygen atoms in total. The molecular weight excluding hydrogens is 414 g/mol. The number of amides is 1. The van der Waals surface area contributed by atoms with Gasteiger partial charge in [-0.25, -0.2) is 4.98 Å². The van der Waals surface area contributed by atoms with Gasteiger partial charge in [0.1, 0.15) is 0 Å². The Kier molecular flexibility index (Phi) is 6.19. The van der Waals surface area contributed by atoms with Gasteiger partial charge in [-0.1, -0.05) is 48.5 Å². The van der Waals surface area contributed by atoms with Gasteiger partial charge in [-0.2, -0.15) is 4.98 Å². The Labute approximate surface area is 193 Å². The number of imidazole rings is 1. The van der Waals surface area contributed by atoms with Gasteiger partial charge >= 0.3 is 0 Å². The Morgan fingerprint density at radius 2 is 2.06 bits per heavy atom. The minimum Gasteiger partial charge on any atom is -0.350 e. The zero-order chi connectivity index (χ0) is 22.6. The number of carbonyl (C=O) groups is 1. The summed E-state index contributed by atoms with van der Waals surface area (Å²) < 4.78 is 7.53. The molecule has 170 valence electrons. The van der Waals surface area contributed by atoms with Gasteiger partial charge in [0.05, 0.1) is 17.4 Å². The van der Waals surface area contributed by atoms with Crippen LogP contribution in [0, 0.1) is 12.8 Å². The van der Waals surface area contributed by atoms with Crippen LogP contribution in [-0.4, -0.2) is 32.1 Å². The second kappa shape index (κ2) is 9.57. The van der Waals surface area contributed by atoms with Crippen molar-refractivity contribution in [2.75, 3.05) is 6.54 Å². The molecule has 0 radical (unpaired) electrons. The first-order valence-electron chi connectivity index (χ1n) is 11.8. The van der Waals surface area contributed by atoms with Crippen molar-refractivity contribution in [3.8, 4) is 11.4 Å². The van der Waals surface area contributed by atoms with Crippen LogP contribution >= 0.6 is 0 Å². The summed E-state index contributed by atoms with van der Waals surface area (Å²) in [4.78, 5) is 21.5. The van der Waals surface area contributed by atoms with Crippen molar-refractivity contribution < 1.29 is 9.32 Å². The van der Waals surface area contributed by atoms with Crippen molar-refractivity contribution in [3.63, 3.8) is 0 Å². The first kappa shape index (κ1) is 21.4. The molecule has 1 N–H and O–H groups in total. The number of hydrogen-bond donors (Lipinski definition) is 1. The Morgan fingerprint density at radius 3 is 2.91 bits per heavy atom. The van der Waals surface area contributed by atoms with Crippen LogP contribution in [0.1, 0.15) is 53.9 Å². The first-order valence-corrected chi connectivity index (χ1v) is 11.8. The van der Waals surface area contributed by atoms with Crippen LogP contribution in [0.4, 0.5) is 0 Å². The van der Waals surface area contributed by atoms with E-state index in [1.807, 2.05) is 54.0 Å². The molecule has 7 heteroatoms. The van der Waals surface area contributed by atoms with Gasteiger partial charge in [0, 0.05) is 30.6 Å². The highest BCUT2D eigenvalue weighted by atomic mass is 16.5. The Morgan fingerprint density at radius 1 is 1.18 bits per heavy atom. The highest BCUT2D eigenvalue weighted by Crippen LogP contribution is 2.29. The standard InChI is InChI=1S/C26H29N5O2/c1-18-5-4-8-21(15-18)26(32)27-13-14-31-17-28-22-16-20(10-11-23(22)31)25-29-24(33-30-25)12-9-19-6-2-3-7-19/h4-5,8,10-11,15-17,19H,2-3,6-7,9,12-14H2,1H3,(H,27,32). The van der Waals surface area contributed by atoms with E-state index in [4.69, 9.17) is 4.52 Å². The first-order chi connectivity index (χ1) is 16.2. The van der Waals surface area contributed by atoms with Crippen LogP contribution in [0.15, 0.2) is 53.3 Å². The van der Waals surface area contributed by atoms with E-state index in [0.29, 0.717) is 30.4 Å². The van der Waals surface area contributed by atoms with Crippen molar-refractivity contribution in [2.24, 2.45) is 5.92 Å². The molecule has 1 amide bonds. The van der Waals surface area contributed by atoms with E-state index in [1.54, 1.807) is 6.33 Å². The van der Waals surface area contributed by atoms with Crippen LogP contribution in [0.25, 0.3) is 22.4 Å². The summed E-state index contributed by atoms with van der Waals surface area (Å²) in [5, 5.41) is 7.16. The predicted molar refractivity (Wildman–Crippen MR) is 127 cm³/mol. The Balaban J connectivity index is 1.20. The lowest BCUT2D eigenvalue weighted by molar-refractivity contribution is 0.0952. The number of carbonyl (C=O) groups excluding carboxylic acids is 1. The van der Waals surface area contributed by atoms with E-state index in [1.165, 1.54) is 25.7 Å². The maximum Gasteiger partial charge on any atom is 0.251 e. The fourth-order valence-electron chi connectivity index (χ4n) is 4.66. The molecule has 0 saturated heterocycles. The molecular formula is C26H29N5O2. The summed E-state index contributed by atoms with van der Waals surface area (Å²) in [5.74, 6) is 2.07. The van der Waals surface area contributed by atoms with Crippen molar-refractivity contribution in [1.82, 2.24) is 25.0 Å². The average molecular weight is 444 g/mol. The lowest BCUT2D eigenvalue weighted by atomic mass is 10.0. The van der Waals surface area contributed by atoms with Gasteiger partial charge in [0.25, 0.3) is 5.91 Å². The molecule has 0 unspecified atom stereocenters. The molecule has 0 spiro atoms. The normalized spacial score (nSPS) is 14.2. The van der Waals surface area contributed by atoms with E-state index in [-0.39, 0.29) is 5.91 Å². The van der Waals surface area contributed by atoms with E-state index in [2.05, 4.69) is 20.4 Å². The fourth-order valence-corrected chi connectivity index (χ4v) is 4.66. The number of rotatable bonds is 8. The molecule has 1 aliphatic carbocycles. The molecule has 0 atom stereocenters. The molecule has 4 aromatic rings. The van der Waals surface area contributed by atoms with Gasteiger partial charge < -0.3 is 14.4 Å². The predicted octanol–water partition coefficient (Wildman–Crippen LogP) is 4.95. The number of hydrogen-bond acceptors (Lipinski definition) is 5. The maximum atomic E-state index is 12.4. The summed E-state index contributed by atoms with van der Waals surface area (Å²) in [6, 6.07) is 13.6. The van der Waals surface area contributed by atoms with E-state index < -0.39 is 0 Å². The second-order valence-corrected chi connectivity index (χ2v) is 8.97. The van der Waals surface area contributed by atoms with Crippen molar-refractivity contribution in [1.29, 1.82) is 0 Å². The summed E-state index contributed by atoms with van der Waals surface area (Å²) in [5.41, 5.74) is 4.53. The monoisotopic (exact) mass is 443 g/mol. The minimum atomic E-state index is -0.0637. The van der Waals surface area contributed by atoms with Crippen molar-refractivity contribution in [3.05, 3.63) is 65.8 Å². The van der Waals surface area contributed by atoms with Gasteiger partial charge in [0.2, 0.25) is 11.7 Å². The highest BCUT2D eigenvalue weighted by Gasteiger charge is 2.17. The molecule has 2 aromatic heterocycles. The summed E-state index contributed by atoms with van der Waals surface area (Å²) in [6.07, 6.45) is 9.15. The van der Waals surface area contributed by atoms with E-state index in [9.17, 15) is 4.79 Å². The summed E-state index contributed by atoms with van der Waals surface area (Å²) >= 11 is 0. The zero-order valence-electron chi connectivity index (χ0n) is 19.0. The maximum absolute atomic E-state index is 12.4. The number of aryl methyl sites for hydroxylation is 2. The van der Waals surface area contributed by atoms with Crippen LogP contribution in [0.5, 0.6) is 0 Å². The third-order valence-electron chi connectivity index (χ3n) is 6.51. The van der Waals surface area contributed by atoms with E-state index >= 15 is 0 Å². The second-order valence-electron chi connectivity index (χ2n) is 8.97. The number of nitrogens with one attached hydrogen (secondary N) is 1. The fraction of sp³-hybridized carbons (Fsp3) is 0.385. The highest BCUT2D eigenvalue weighted by molar-refractivity contribution is 5.94. The smallest absolute Gasteiger partial charge is 0.251 e. The van der Waals surface area contributed by atoms with Gasteiger partial charge in [-0.05, 0) is 49.6 Å². The quantitative estimate of drug-likeness (QED) is 0.417. The molecule has 33 heavy (non-hydrogen) atoms. The van der Waals surface area contributed by atoms with Crippen LogP contribution in [0.3, 0.4) is 0 Å². The third-order valence-corrected chi connectivity index (χ3v) is 6.51. The minimum absolute atomic E-state index is 0.0637. The molecule has 1 fully saturated rings. The molecule has 0 bridgehead atoms. The molecule has 5 rings (SSSR count). The van der Waals surface area contributed by atoms with E-state index in [0.717, 1.165) is 40.9 Å². The number of fused-ring (bicyclic) bond motifs is 1. The molecule has 1 aliphatic rings. The topological polar surface area (TPSA) is 85.8 Å². The van der Waals surface area contributed by atoms with Crippen LogP contribution in [0.2, 0.25) is 0 Å². The zero-order valence-corrected chi connectivity index (χ0v) is 19.0. The van der Waals surface area contributed by atoms with Crippen LogP contribution in [-0.2, 0) is 13.0 Å². The lowest BCUT2D eigenvalue weighted by Gasteiger charge is -2.07. The summed E-state index contributed by atoms with van der Waals surface area (Å²) in [7, 11) is 0. The van der Waals surface area contributed by atoms with Crippen molar-refractivity contribution >= 4 is 16.9 Å². The van der Waals surface area contributed by atoms with Crippen molar-refractivity contribution in [2.45, 2.75) is 52.0 Å². The Hall–Kier alpha value is -3.48. The third kappa shape index (κ3) is 4.97. The summed E-state index contributed by atoms with van der Waals surface area (Å²) in [6.45, 7) is 3.14. The molecule has 0 aliphatic heterocycles. The van der Waals surface area contributed by atoms with Crippen LogP contribution < -0.4 is 5.32 Å². The molecule has 2 aromatic carbocycles. The molecule has 2 heterocycles. The Bertz CT molecular complexity index is 1250. The number of benzene rings is 2. The largest absolute Gasteiger partial charge is 0.350 e. The van der Waals surface area contributed by atoms with Gasteiger partial charge in [-0.3, -0.25) is 4.79 Å². The lowest BCUT2D eigenvalue weighted by Crippen LogP contribution is -2.27. The van der Waals surface area contributed by atoms with Gasteiger partial charge in [0.15, 0.2) is 0 Å².